The van der Waals surface area contributed by atoms with Crippen molar-refractivity contribution >= 4 is 29.2 Å². The third-order valence-electron chi connectivity index (χ3n) is 5.59. The summed E-state index contributed by atoms with van der Waals surface area (Å²) in [6, 6.07) is 8.42. The van der Waals surface area contributed by atoms with Crippen molar-refractivity contribution in [2.45, 2.75) is 38.9 Å². The quantitative estimate of drug-likeness (QED) is 0.786. The van der Waals surface area contributed by atoms with Gasteiger partial charge in [-0.25, -0.2) is 0 Å². The number of fused-ring (bicyclic) bond motifs is 1. The Morgan fingerprint density at radius 3 is 2.36 bits per heavy atom. The van der Waals surface area contributed by atoms with Crippen LogP contribution in [-0.4, -0.2) is 49.6 Å². The summed E-state index contributed by atoms with van der Waals surface area (Å²) in [6.07, 6.45) is 1.95. The minimum Gasteiger partial charge on any atom is -0.399 e. The first-order chi connectivity index (χ1) is 11.9. The smallest absolute Gasteiger partial charge is 0.399 e. The van der Waals surface area contributed by atoms with E-state index >= 15 is 0 Å². The fraction of sp³-hybridized carbons (Fsp3) is 0.526. The van der Waals surface area contributed by atoms with Crippen LogP contribution in [0.1, 0.15) is 27.7 Å². The molecule has 2 aliphatic heterocycles. The van der Waals surface area contributed by atoms with Crippen LogP contribution in [0.3, 0.4) is 0 Å². The van der Waals surface area contributed by atoms with Crippen molar-refractivity contribution in [2.24, 2.45) is 0 Å². The van der Waals surface area contributed by atoms with Crippen LogP contribution >= 0.6 is 0 Å². The van der Waals surface area contributed by atoms with E-state index in [-0.39, 0.29) is 18.3 Å². The summed E-state index contributed by atoms with van der Waals surface area (Å²) in [5, 5.41) is 1.11. The third-order valence-corrected chi connectivity index (χ3v) is 5.59. The number of hydrogen-bond acceptors (Lipinski definition) is 5. The average Bonchev–Trinajstić information content (AvgIpc) is 2.82. The van der Waals surface area contributed by atoms with Crippen LogP contribution in [0.25, 0.3) is 10.9 Å². The molecule has 1 aromatic carbocycles. The molecule has 5 nitrogen and oxygen atoms in total. The first kappa shape index (κ1) is 16.8. The van der Waals surface area contributed by atoms with Gasteiger partial charge in [-0.2, -0.15) is 0 Å². The Morgan fingerprint density at radius 1 is 1.00 bits per heavy atom. The molecule has 0 spiro atoms. The summed E-state index contributed by atoms with van der Waals surface area (Å²) in [7, 11) is -0.346. The zero-order valence-electron chi connectivity index (χ0n) is 15.4. The second-order valence-electron chi connectivity index (χ2n) is 7.83. The lowest BCUT2D eigenvalue weighted by Crippen LogP contribution is -2.41. The van der Waals surface area contributed by atoms with Crippen molar-refractivity contribution < 1.29 is 14.0 Å². The summed E-state index contributed by atoms with van der Waals surface area (Å²) < 4.78 is 17.8. The van der Waals surface area contributed by atoms with Gasteiger partial charge >= 0.3 is 7.12 Å². The first-order valence-electron chi connectivity index (χ1n) is 8.94. The lowest BCUT2D eigenvalue weighted by molar-refractivity contribution is 0.00578. The molecule has 0 radical (unpaired) electrons. The molecule has 132 valence electrons. The molecule has 0 N–H and O–H groups in total. The Bertz CT molecular complexity index is 771. The van der Waals surface area contributed by atoms with Gasteiger partial charge in [0.25, 0.3) is 0 Å². The van der Waals surface area contributed by atoms with Gasteiger partial charge < -0.3 is 18.9 Å². The highest BCUT2D eigenvalue weighted by Crippen LogP contribution is 2.36. The van der Waals surface area contributed by atoms with E-state index in [0.717, 1.165) is 48.4 Å². The van der Waals surface area contributed by atoms with Crippen LogP contribution in [-0.2, 0) is 14.0 Å². The molecule has 0 amide bonds. The molecule has 4 rings (SSSR count). The number of hydrogen-bond donors (Lipinski definition) is 0. The van der Waals surface area contributed by atoms with Crippen LogP contribution in [0.5, 0.6) is 0 Å². The normalized spacial score (nSPS) is 22.6. The number of morpholine rings is 1. The first-order valence-corrected chi connectivity index (χ1v) is 8.94. The Kier molecular flexibility index (Phi) is 4.02. The number of ether oxygens (including phenoxy) is 1. The van der Waals surface area contributed by atoms with Crippen molar-refractivity contribution in [3.05, 3.63) is 30.5 Å². The Labute approximate surface area is 149 Å². The van der Waals surface area contributed by atoms with Gasteiger partial charge in [0, 0.05) is 18.5 Å². The minimum atomic E-state index is -0.346. The summed E-state index contributed by atoms with van der Waals surface area (Å²) in [5.74, 6) is 0. The fourth-order valence-electron chi connectivity index (χ4n) is 3.26. The second-order valence-corrected chi connectivity index (χ2v) is 7.83. The van der Waals surface area contributed by atoms with Crippen LogP contribution in [0.15, 0.2) is 30.5 Å². The number of aromatic nitrogens is 1. The topological polar surface area (TPSA) is 43.8 Å². The molecule has 1 aromatic heterocycles. The summed E-state index contributed by atoms with van der Waals surface area (Å²) in [4.78, 5) is 6.93. The second kappa shape index (κ2) is 5.97. The maximum atomic E-state index is 6.18. The van der Waals surface area contributed by atoms with Crippen molar-refractivity contribution in [3.63, 3.8) is 0 Å². The van der Waals surface area contributed by atoms with E-state index in [4.69, 9.17) is 14.0 Å². The minimum absolute atomic E-state index is 0.333. The summed E-state index contributed by atoms with van der Waals surface area (Å²) >= 11 is 0. The molecule has 0 bridgehead atoms. The number of rotatable bonds is 2. The van der Waals surface area contributed by atoms with E-state index in [1.807, 2.05) is 18.3 Å². The number of anilines is 1. The van der Waals surface area contributed by atoms with E-state index in [9.17, 15) is 0 Å². The third kappa shape index (κ3) is 3.03. The molecule has 2 fully saturated rings. The van der Waals surface area contributed by atoms with Crippen molar-refractivity contribution in [3.8, 4) is 0 Å². The number of nitrogens with zero attached hydrogens (tertiary/aromatic N) is 2. The highest BCUT2D eigenvalue weighted by Gasteiger charge is 2.51. The zero-order valence-corrected chi connectivity index (χ0v) is 15.4. The maximum Gasteiger partial charge on any atom is 0.494 e. The van der Waals surface area contributed by atoms with Gasteiger partial charge in [-0.1, -0.05) is 12.1 Å². The Morgan fingerprint density at radius 2 is 1.68 bits per heavy atom. The van der Waals surface area contributed by atoms with Crippen LogP contribution < -0.4 is 10.4 Å². The molecular weight excluding hydrogens is 315 g/mol. The molecular formula is C19H25BN2O3. The van der Waals surface area contributed by atoms with Gasteiger partial charge in [0.05, 0.1) is 41.8 Å². The van der Waals surface area contributed by atoms with E-state index < -0.39 is 0 Å². The van der Waals surface area contributed by atoms with E-state index in [2.05, 4.69) is 49.7 Å². The zero-order chi connectivity index (χ0) is 17.7. The van der Waals surface area contributed by atoms with Crippen molar-refractivity contribution in [2.75, 3.05) is 31.2 Å². The molecule has 2 saturated heterocycles. The van der Waals surface area contributed by atoms with E-state index in [1.165, 1.54) is 0 Å². The molecule has 2 aliphatic rings. The standard InChI is InChI=1S/C19H25BN2O3/c1-18(2)19(3,4)25-20(24-18)15-5-6-17-14(11-15)12-16(13-21-17)22-7-9-23-10-8-22/h5-6,11-13H,7-10H2,1-4H3. The van der Waals surface area contributed by atoms with Gasteiger partial charge in [0.2, 0.25) is 0 Å². The highest BCUT2D eigenvalue weighted by molar-refractivity contribution is 6.62. The van der Waals surface area contributed by atoms with Gasteiger partial charge in [-0.15, -0.1) is 0 Å². The lowest BCUT2D eigenvalue weighted by Gasteiger charge is -2.32. The lowest BCUT2D eigenvalue weighted by atomic mass is 9.78. The predicted molar refractivity (Wildman–Crippen MR) is 100 cm³/mol. The maximum absolute atomic E-state index is 6.18. The number of benzene rings is 1. The molecule has 25 heavy (non-hydrogen) atoms. The van der Waals surface area contributed by atoms with E-state index in [1.54, 1.807) is 0 Å². The van der Waals surface area contributed by atoms with Gasteiger partial charge in [0.15, 0.2) is 0 Å². The van der Waals surface area contributed by atoms with Gasteiger partial charge in [-0.3, -0.25) is 4.98 Å². The average molecular weight is 340 g/mol. The molecule has 0 aliphatic carbocycles. The molecule has 2 aromatic rings. The Balaban J connectivity index is 1.65. The van der Waals surface area contributed by atoms with Gasteiger partial charge in [-0.05, 0) is 45.3 Å². The molecule has 3 heterocycles. The largest absolute Gasteiger partial charge is 0.494 e. The summed E-state index contributed by atoms with van der Waals surface area (Å²) in [5.41, 5.74) is 2.49. The van der Waals surface area contributed by atoms with Crippen LogP contribution in [0.2, 0.25) is 0 Å². The summed E-state index contributed by atoms with van der Waals surface area (Å²) in [6.45, 7) is 11.7. The monoisotopic (exact) mass is 340 g/mol. The molecule has 0 atom stereocenters. The van der Waals surface area contributed by atoms with Crippen LogP contribution in [0.4, 0.5) is 5.69 Å². The molecule has 0 unspecified atom stereocenters. The molecule has 0 saturated carbocycles. The number of pyridine rings is 1. The molecule has 6 heteroatoms. The van der Waals surface area contributed by atoms with Crippen LogP contribution in [0, 0.1) is 0 Å². The predicted octanol–water partition coefficient (Wildman–Crippen LogP) is 2.37. The fourth-order valence-corrected chi connectivity index (χ4v) is 3.26. The van der Waals surface area contributed by atoms with Gasteiger partial charge in [0.1, 0.15) is 0 Å². The Hall–Kier alpha value is -1.63. The van der Waals surface area contributed by atoms with Crippen molar-refractivity contribution in [1.29, 1.82) is 0 Å². The van der Waals surface area contributed by atoms with E-state index in [0.29, 0.717) is 0 Å². The highest BCUT2D eigenvalue weighted by atomic mass is 16.7. The van der Waals surface area contributed by atoms with Crippen molar-refractivity contribution in [1.82, 2.24) is 4.98 Å². The SMILES string of the molecule is CC1(C)OB(c2ccc3ncc(N4CCOCC4)cc3c2)OC1(C)C.